The Morgan fingerprint density at radius 3 is 1.75 bits per heavy atom. The van der Waals surface area contributed by atoms with Gasteiger partial charge in [0.25, 0.3) is 0 Å². The topological polar surface area (TPSA) is 101 Å². The van der Waals surface area contributed by atoms with E-state index in [0.29, 0.717) is 0 Å². The summed E-state index contributed by atoms with van der Waals surface area (Å²) in [5, 5.41) is 16.6. The molecule has 4 aromatic rings. The van der Waals surface area contributed by atoms with E-state index >= 15 is 0 Å². The van der Waals surface area contributed by atoms with Crippen LogP contribution in [-0.2, 0) is 0 Å². The lowest BCUT2D eigenvalue weighted by molar-refractivity contribution is 1.20. The monoisotopic (exact) mass is 422 g/mol. The number of hydrogen-bond acceptors (Lipinski definition) is 6. The van der Waals surface area contributed by atoms with Gasteiger partial charge in [-0.3, -0.25) is 0 Å². The quantitative estimate of drug-likeness (QED) is 0.257. The average Bonchev–Trinajstić information content (AvgIpc) is 2.79. The maximum atomic E-state index is 5.68. The number of nitrogens with two attached hydrogens (primary N) is 2. The number of azo groups is 2. The number of nitrogen functional groups attached to an aromatic ring is 2. The van der Waals surface area contributed by atoms with Crippen LogP contribution in [0.3, 0.4) is 0 Å². The molecule has 0 aromatic heterocycles. The number of benzene rings is 4. The van der Waals surface area contributed by atoms with Crippen molar-refractivity contribution in [2.75, 3.05) is 11.5 Å². The van der Waals surface area contributed by atoms with E-state index in [4.69, 9.17) is 11.5 Å². The molecule has 0 aliphatic rings. The summed E-state index contributed by atoms with van der Waals surface area (Å²) in [6.07, 6.45) is 0. The van der Waals surface area contributed by atoms with E-state index in [1.165, 1.54) is 5.56 Å². The molecule has 0 radical (unpaired) electrons. The van der Waals surface area contributed by atoms with Crippen LogP contribution in [0, 0.1) is 13.8 Å². The first-order valence-corrected chi connectivity index (χ1v) is 10.2. The van der Waals surface area contributed by atoms with Gasteiger partial charge in [-0.2, -0.15) is 20.5 Å². The molecule has 4 N–H and O–H groups in total. The second kappa shape index (κ2) is 11.2. The third-order valence-electron chi connectivity index (χ3n) is 4.43. The van der Waals surface area contributed by atoms with Crippen LogP contribution < -0.4 is 11.5 Å². The summed E-state index contributed by atoms with van der Waals surface area (Å²) in [5.74, 6) is 0. The van der Waals surface area contributed by atoms with Crippen molar-refractivity contribution >= 4 is 34.1 Å². The molecule has 0 bridgehead atoms. The third kappa shape index (κ3) is 7.18. The molecule has 0 fully saturated rings. The first-order valence-electron chi connectivity index (χ1n) is 10.2. The minimum absolute atomic E-state index is 0.730. The molecule has 4 aromatic carbocycles. The molecule has 0 unspecified atom stereocenters. The van der Waals surface area contributed by atoms with Crippen LogP contribution in [0.5, 0.6) is 0 Å². The van der Waals surface area contributed by atoms with Gasteiger partial charge in [-0.25, -0.2) is 0 Å². The largest absolute Gasteiger partial charge is 0.399 e. The first-order chi connectivity index (χ1) is 15.5. The SMILES string of the molecule is Cc1cccc(N=Nc2ccc(N)cc2C)c1.Nc1ccc(N=Nc2ccccc2)cc1. The zero-order chi connectivity index (χ0) is 22.8. The van der Waals surface area contributed by atoms with Crippen molar-refractivity contribution in [2.45, 2.75) is 13.8 Å². The van der Waals surface area contributed by atoms with Crippen molar-refractivity contribution in [2.24, 2.45) is 20.5 Å². The van der Waals surface area contributed by atoms with E-state index in [9.17, 15) is 0 Å². The van der Waals surface area contributed by atoms with Crippen molar-refractivity contribution in [1.82, 2.24) is 0 Å². The predicted octanol–water partition coefficient (Wildman–Crippen LogP) is 7.99. The molecule has 0 aliphatic carbocycles. The standard InChI is InChI=1S/C14H15N3.C12H11N3/c1-10-4-3-5-13(8-10)16-17-14-7-6-12(15)9-11(14)2;13-10-6-8-12(9-7-10)15-14-11-4-2-1-3-5-11/h3-9H,15H2,1-2H3;1-9H,13H2. The fourth-order valence-electron chi connectivity index (χ4n) is 2.74. The number of nitrogens with zero attached hydrogens (tertiary/aromatic N) is 4. The molecule has 0 atom stereocenters. The molecule has 0 amide bonds. The Kier molecular flexibility index (Phi) is 7.81. The predicted molar refractivity (Wildman–Crippen MR) is 132 cm³/mol. The van der Waals surface area contributed by atoms with E-state index in [1.54, 1.807) is 12.1 Å². The molecular weight excluding hydrogens is 396 g/mol. The van der Waals surface area contributed by atoms with Crippen LogP contribution in [0.1, 0.15) is 11.1 Å². The third-order valence-corrected chi connectivity index (χ3v) is 4.43. The van der Waals surface area contributed by atoms with E-state index in [0.717, 1.165) is 39.7 Å². The fourth-order valence-corrected chi connectivity index (χ4v) is 2.74. The van der Waals surface area contributed by atoms with E-state index < -0.39 is 0 Å². The lowest BCUT2D eigenvalue weighted by atomic mass is 10.2. The molecule has 6 heteroatoms. The first kappa shape index (κ1) is 22.4. The van der Waals surface area contributed by atoms with Crippen LogP contribution in [-0.4, -0.2) is 0 Å². The molecule has 0 heterocycles. The lowest BCUT2D eigenvalue weighted by Gasteiger charge is -2.00. The molecule has 0 aliphatic heterocycles. The Labute approximate surface area is 188 Å². The van der Waals surface area contributed by atoms with Crippen LogP contribution in [0.25, 0.3) is 0 Å². The summed E-state index contributed by atoms with van der Waals surface area (Å²) in [5.41, 5.74) is 18.3. The summed E-state index contributed by atoms with van der Waals surface area (Å²) >= 11 is 0. The van der Waals surface area contributed by atoms with Crippen LogP contribution in [0.4, 0.5) is 34.1 Å². The number of rotatable bonds is 4. The van der Waals surface area contributed by atoms with Crippen LogP contribution >= 0.6 is 0 Å². The molecule has 0 saturated heterocycles. The van der Waals surface area contributed by atoms with Gasteiger partial charge in [-0.05, 0) is 91.7 Å². The molecule has 32 heavy (non-hydrogen) atoms. The van der Waals surface area contributed by atoms with Gasteiger partial charge in [-0.15, -0.1) is 0 Å². The highest BCUT2D eigenvalue weighted by atomic mass is 15.1. The summed E-state index contributed by atoms with van der Waals surface area (Å²) in [6.45, 7) is 4.01. The molecule has 0 spiro atoms. The Morgan fingerprint density at radius 1 is 0.500 bits per heavy atom. The number of aryl methyl sites for hydroxylation is 2. The van der Waals surface area contributed by atoms with E-state index in [2.05, 4.69) is 20.5 Å². The average molecular weight is 423 g/mol. The maximum absolute atomic E-state index is 5.68. The highest BCUT2D eigenvalue weighted by molar-refractivity contribution is 5.54. The maximum Gasteiger partial charge on any atom is 0.0887 e. The Hall–Kier alpha value is -4.32. The highest BCUT2D eigenvalue weighted by Crippen LogP contribution is 2.24. The minimum Gasteiger partial charge on any atom is -0.399 e. The van der Waals surface area contributed by atoms with Gasteiger partial charge in [0.1, 0.15) is 0 Å². The summed E-state index contributed by atoms with van der Waals surface area (Å²) in [7, 11) is 0. The Balaban J connectivity index is 0.000000182. The van der Waals surface area contributed by atoms with Crippen molar-refractivity contribution in [3.63, 3.8) is 0 Å². The van der Waals surface area contributed by atoms with Crippen LogP contribution in [0.15, 0.2) is 118 Å². The van der Waals surface area contributed by atoms with Gasteiger partial charge in [0.15, 0.2) is 0 Å². The van der Waals surface area contributed by atoms with Gasteiger partial charge < -0.3 is 11.5 Å². The molecular formula is C26H26N6. The smallest absolute Gasteiger partial charge is 0.0887 e. The fraction of sp³-hybridized carbons (Fsp3) is 0.0769. The summed E-state index contributed by atoms with van der Waals surface area (Å²) < 4.78 is 0. The molecule has 160 valence electrons. The van der Waals surface area contributed by atoms with Crippen LogP contribution in [0.2, 0.25) is 0 Å². The summed E-state index contributed by atoms with van der Waals surface area (Å²) in [6, 6.07) is 30.4. The normalized spacial score (nSPS) is 10.8. The molecule has 6 nitrogen and oxygen atoms in total. The zero-order valence-corrected chi connectivity index (χ0v) is 18.2. The van der Waals surface area contributed by atoms with E-state index in [-0.39, 0.29) is 0 Å². The van der Waals surface area contributed by atoms with Gasteiger partial charge in [0.2, 0.25) is 0 Å². The Bertz CT molecular complexity index is 1200. The number of anilines is 2. The molecule has 4 rings (SSSR count). The zero-order valence-electron chi connectivity index (χ0n) is 18.2. The van der Waals surface area contributed by atoms with Crippen molar-refractivity contribution in [1.29, 1.82) is 0 Å². The number of hydrogen-bond donors (Lipinski definition) is 2. The molecule has 0 saturated carbocycles. The van der Waals surface area contributed by atoms with Gasteiger partial charge in [0.05, 0.1) is 22.7 Å². The van der Waals surface area contributed by atoms with Crippen molar-refractivity contribution < 1.29 is 0 Å². The summed E-state index contributed by atoms with van der Waals surface area (Å²) in [4.78, 5) is 0. The highest BCUT2D eigenvalue weighted by Gasteiger charge is 1.97. The second-order valence-electron chi connectivity index (χ2n) is 7.21. The minimum atomic E-state index is 0.730. The van der Waals surface area contributed by atoms with Gasteiger partial charge >= 0.3 is 0 Å². The van der Waals surface area contributed by atoms with Gasteiger partial charge in [0, 0.05) is 11.4 Å². The van der Waals surface area contributed by atoms with Crippen molar-refractivity contribution in [3.05, 3.63) is 108 Å². The second-order valence-corrected chi connectivity index (χ2v) is 7.21. The van der Waals surface area contributed by atoms with Gasteiger partial charge in [-0.1, -0.05) is 30.3 Å². The van der Waals surface area contributed by atoms with Crippen molar-refractivity contribution in [3.8, 4) is 0 Å². The van der Waals surface area contributed by atoms with E-state index in [1.807, 2.05) is 98.8 Å². The lowest BCUT2D eigenvalue weighted by Crippen LogP contribution is -1.84. The Morgan fingerprint density at radius 2 is 1.09 bits per heavy atom.